The van der Waals surface area contributed by atoms with Crippen molar-refractivity contribution in [3.05, 3.63) is 114 Å². The van der Waals surface area contributed by atoms with E-state index < -0.39 is 0 Å². The summed E-state index contributed by atoms with van der Waals surface area (Å²) in [6, 6.07) is 36.3. The van der Waals surface area contributed by atoms with Gasteiger partial charge in [0.2, 0.25) is 0 Å². The fourth-order valence-electron chi connectivity index (χ4n) is 3.80. The number of rotatable bonds is 4. The summed E-state index contributed by atoms with van der Waals surface area (Å²) < 4.78 is 0. The van der Waals surface area contributed by atoms with Crippen molar-refractivity contribution in [3.8, 4) is 0 Å². The van der Waals surface area contributed by atoms with Gasteiger partial charge in [0, 0.05) is 18.5 Å². The van der Waals surface area contributed by atoms with Crippen molar-refractivity contribution in [1.82, 2.24) is 4.90 Å². The van der Waals surface area contributed by atoms with E-state index in [0.717, 1.165) is 23.9 Å². The van der Waals surface area contributed by atoms with Gasteiger partial charge in [-0.25, -0.2) is 4.99 Å². The van der Waals surface area contributed by atoms with Gasteiger partial charge in [0.1, 0.15) is 0 Å². The standard InChI is InChI=1S/C26H22N2S/c1-3-10-20(11-4-1)18-28-19-25(22-13-5-2-6-14-22)29-26(28)27-24-17-9-15-21-12-7-8-16-23(21)24/h1-17,25H,18-19H2/t25-/m0/s1. The molecule has 29 heavy (non-hydrogen) atoms. The fourth-order valence-corrected chi connectivity index (χ4v) is 5.04. The molecule has 2 nitrogen and oxygen atoms in total. The van der Waals surface area contributed by atoms with E-state index in [4.69, 9.17) is 4.99 Å². The summed E-state index contributed by atoms with van der Waals surface area (Å²) in [6.07, 6.45) is 0. The summed E-state index contributed by atoms with van der Waals surface area (Å²) >= 11 is 1.87. The molecule has 1 heterocycles. The van der Waals surface area contributed by atoms with Crippen LogP contribution in [0.3, 0.4) is 0 Å². The van der Waals surface area contributed by atoms with E-state index in [2.05, 4.69) is 108 Å². The zero-order valence-electron chi connectivity index (χ0n) is 16.1. The van der Waals surface area contributed by atoms with E-state index in [-0.39, 0.29) is 0 Å². The summed E-state index contributed by atoms with van der Waals surface area (Å²) in [6.45, 7) is 1.84. The van der Waals surface area contributed by atoms with Crippen molar-refractivity contribution in [2.45, 2.75) is 11.8 Å². The summed E-state index contributed by atoms with van der Waals surface area (Å²) in [7, 11) is 0. The Morgan fingerprint density at radius 3 is 2.28 bits per heavy atom. The number of nitrogens with zero attached hydrogens (tertiary/aromatic N) is 2. The molecule has 0 radical (unpaired) electrons. The van der Waals surface area contributed by atoms with Crippen molar-refractivity contribution < 1.29 is 0 Å². The van der Waals surface area contributed by atoms with Gasteiger partial charge >= 0.3 is 0 Å². The molecule has 0 N–H and O–H groups in total. The first-order chi connectivity index (χ1) is 14.4. The molecule has 4 aromatic carbocycles. The number of hydrogen-bond donors (Lipinski definition) is 0. The number of amidine groups is 1. The van der Waals surface area contributed by atoms with Crippen LogP contribution in [0.25, 0.3) is 10.8 Å². The third-order valence-corrected chi connectivity index (χ3v) is 6.54. The summed E-state index contributed by atoms with van der Waals surface area (Å²) in [5.74, 6) is 0. The van der Waals surface area contributed by atoms with E-state index in [9.17, 15) is 0 Å². The molecule has 0 spiro atoms. The zero-order valence-corrected chi connectivity index (χ0v) is 16.9. The van der Waals surface area contributed by atoms with Crippen molar-refractivity contribution in [1.29, 1.82) is 0 Å². The molecule has 142 valence electrons. The Labute approximate surface area is 175 Å². The summed E-state index contributed by atoms with van der Waals surface area (Å²) in [5, 5.41) is 3.92. The molecule has 5 rings (SSSR count). The van der Waals surface area contributed by atoms with Crippen LogP contribution in [0.2, 0.25) is 0 Å². The van der Waals surface area contributed by atoms with Gasteiger partial charge in [0.25, 0.3) is 0 Å². The van der Waals surface area contributed by atoms with E-state index >= 15 is 0 Å². The lowest BCUT2D eigenvalue weighted by atomic mass is 10.1. The van der Waals surface area contributed by atoms with Crippen LogP contribution in [0.5, 0.6) is 0 Å². The minimum absolute atomic E-state index is 0.397. The molecule has 1 atom stereocenters. The van der Waals surface area contributed by atoms with Crippen LogP contribution in [-0.2, 0) is 6.54 Å². The molecular formula is C26H22N2S. The normalized spacial score (nSPS) is 17.9. The number of benzene rings is 4. The summed E-state index contributed by atoms with van der Waals surface area (Å²) in [4.78, 5) is 7.56. The molecule has 0 bridgehead atoms. The van der Waals surface area contributed by atoms with Crippen LogP contribution < -0.4 is 0 Å². The van der Waals surface area contributed by atoms with Crippen molar-refractivity contribution in [2.24, 2.45) is 4.99 Å². The Morgan fingerprint density at radius 2 is 1.45 bits per heavy atom. The number of hydrogen-bond acceptors (Lipinski definition) is 2. The second-order valence-corrected chi connectivity index (χ2v) is 8.45. The number of aliphatic imine (C=N–C) groups is 1. The summed E-state index contributed by atoms with van der Waals surface area (Å²) in [5.41, 5.74) is 3.71. The maximum absolute atomic E-state index is 5.15. The molecule has 1 fully saturated rings. The third-order valence-electron chi connectivity index (χ3n) is 5.27. The van der Waals surface area contributed by atoms with Crippen LogP contribution in [0.1, 0.15) is 16.4 Å². The molecule has 1 aliphatic heterocycles. The second kappa shape index (κ2) is 8.14. The Hall–Kier alpha value is -3.04. The molecule has 4 aromatic rings. The highest BCUT2D eigenvalue weighted by Crippen LogP contribution is 2.40. The van der Waals surface area contributed by atoms with Gasteiger partial charge in [-0.1, -0.05) is 109 Å². The third kappa shape index (κ3) is 3.92. The van der Waals surface area contributed by atoms with Gasteiger partial charge < -0.3 is 4.90 Å². The average molecular weight is 395 g/mol. The highest BCUT2D eigenvalue weighted by Gasteiger charge is 2.30. The van der Waals surface area contributed by atoms with Gasteiger partial charge in [-0.15, -0.1) is 0 Å². The molecular weight excluding hydrogens is 372 g/mol. The van der Waals surface area contributed by atoms with Gasteiger partial charge in [0.05, 0.1) is 10.9 Å². The molecule has 1 aliphatic rings. The highest BCUT2D eigenvalue weighted by atomic mass is 32.2. The second-order valence-electron chi connectivity index (χ2n) is 7.28. The van der Waals surface area contributed by atoms with Crippen LogP contribution in [0.15, 0.2) is 108 Å². The average Bonchev–Trinajstić information content (AvgIpc) is 3.18. The predicted octanol–water partition coefficient (Wildman–Crippen LogP) is 6.82. The van der Waals surface area contributed by atoms with E-state index in [1.54, 1.807) is 0 Å². The Morgan fingerprint density at radius 1 is 0.759 bits per heavy atom. The molecule has 0 unspecified atom stereocenters. The highest BCUT2D eigenvalue weighted by molar-refractivity contribution is 8.14. The van der Waals surface area contributed by atoms with Crippen LogP contribution in [-0.4, -0.2) is 16.6 Å². The first kappa shape index (κ1) is 18.0. The molecule has 1 saturated heterocycles. The monoisotopic (exact) mass is 394 g/mol. The lowest BCUT2D eigenvalue weighted by Gasteiger charge is -2.18. The van der Waals surface area contributed by atoms with E-state index in [1.807, 2.05) is 11.8 Å². The van der Waals surface area contributed by atoms with Crippen molar-refractivity contribution in [3.63, 3.8) is 0 Å². The van der Waals surface area contributed by atoms with E-state index in [0.29, 0.717) is 5.25 Å². The lowest BCUT2D eigenvalue weighted by molar-refractivity contribution is 0.434. The van der Waals surface area contributed by atoms with Crippen LogP contribution in [0.4, 0.5) is 5.69 Å². The van der Waals surface area contributed by atoms with Gasteiger partial charge in [-0.3, -0.25) is 0 Å². The van der Waals surface area contributed by atoms with Crippen LogP contribution in [0, 0.1) is 0 Å². The van der Waals surface area contributed by atoms with Crippen molar-refractivity contribution >= 4 is 33.4 Å². The largest absolute Gasteiger partial charge is 0.345 e. The first-order valence-corrected chi connectivity index (χ1v) is 10.8. The zero-order chi connectivity index (χ0) is 19.5. The SMILES string of the molecule is c1ccc(CN2C[C@@H](c3ccccc3)SC2=Nc2cccc3ccccc23)cc1. The topological polar surface area (TPSA) is 15.6 Å². The lowest BCUT2D eigenvalue weighted by Crippen LogP contribution is -2.24. The first-order valence-electron chi connectivity index (χ1n) is 9.94. The molecule has 0 aromatic heterocycles. The smallest absolute Gasteiger partial charge is 0.165 e. The van der Waals surface area contributed by atoms with Crippen molar-refractivity contribution in [2.75, 3.05) is 6.54 Å². The Balaban J connectivity index is 1.53. The van der Waals surface area contributed by atoms with Gasteiger partial charge in [-0.05, 0) is 22.6 Å². The maximum Gasteiger partial charge on any atom is 0.165 e. The molecule has 0 aliphatic carbocycles. The minimum Gasteiger partial charge on any atom is -0.345 e. The Kier molecular flexibility index (Phi) is 5.06. The quantitative estimate of drug-likeness (QED) is 0.377. The molecule has 0 amide bonds. The number of fused-ring (bicyclic) bond motifs is 1. The van der Waals surface area contributed by atoms with Gasteiger partial charge in [0.15, 0.2) is 5.17 Å². The Bertz CT molecular complexity index is 1130. The van der Waals surface area contributed by atoms with E-state index in [1.165, 1.54) is 21.9 Å². The van der Waals surface area contributed by atoms with Gasteiger partial charge in [-0.2, -0.15) is 0 Å². The molecule has 0 saturated carbocycles. The fraction of sp³-hybridized carbons (Fsp3) is 0.115. The number of thioether (sulfide) groups is 1. The minimum atomic E-state index is 0.397. The maximum atomic E-state index is 5.15. The predicted molar refractivity (Wildman–Crippen MR) is 125 cm³/mol. The molecule has 3 heteroatoms. The van der Waals surface area contributed by atoms with Crippen LogP contribution >= 0.6 is 11.8 Å².